The molecule has 1 atom stereocenters. The van der Waals surface area contributed by atoms with Gasteiger partial charge in [-0.2, -0.15) is 0 Å². The molecule has 1 aliphatic heterocycles. The van der Waals surface area contributed by atoms with Gasteiger partial charge in [0.15, 0.2) is 0 Å². The average Bonchev–Trinajstić information content (AvgIpc) is 3.15. The SMILES string of the molecule is Cc1ccc(C(O)=C2C(=O)C(=O)N(Cc3ccccc3)C2c2cccc(Oc3ccccc3)c2)cc1. The number of benzene rings is 4. The highest BCUT2D eigenvalue weighted by atomic mass is 16.5. The molecule has 5 rings (SSSR count). The van der Waals surface area contributed by atoms with Crippen molar-refractivity contribution in [3.63, 3.8) is 0 Å². The van der Waals surface area contributed by atoms with Crippen molar-refractivity contribution < 1.29 is 19.4 Å². The number of aliphatic hydroxyl groups is 1. The van der Waals surface area contributed by atoms with E-state index in [2.05, 4.69) is 0 Å². The molecule has 1 aliphatic rings. The Bertz CT molecular complexity index is 1430. The minimum Gasteiger partial charge on any atom is -0.507 e. The van der Waals surface area contributed by atoms with Gasteiger partial charge in [-0.05, 0) is 42.3 Å². The zero-order valence-electron chi connectivity index (χ0n) is 19.8. The van der Waals surface area contributed by atoms with Crippen molar-refractivity contribution in [2.75, 3.05) is 0 Å². The van der Waals surface area contributed by atoms with E-state index in [1.807, 2.05) is 104 Å². The number of ether oxygens (including phenoxy) is 1. The van der Waals surface area contributed by atoms with Crippen LogP contribution in [0.2, 0.25) is 0 Å². The summed E-state index contributed by atoms with van der Waals surface area (Å²) in [6, 6.07) is 32.6. The first-order chi connectivity index (χ1) is 17.5. The topological polar surface area (TPSA) is 66.8 Å². The maximum Gasteiger partial charge on any atom is 0.295 e. The number of hydrogen-bond donors (Lipinski definition) is 1. The summed E-state index contributed by atoms with van der Waals surface area (Å²) in [6.45, 7) is 2.17. The number of para-hydroxylation sites is 1. The van der Waals surface area contributed by atoms with Crippen LogP contribution in [0.1, 0.15) is 28.3 Å². The smallest absolute Gasteiger partial charge is 0.295 e. The normalized spacial score (nSPS) is 16.8. The predicted molar refractivity (Wildman–Crippen MR) is 138 cm³/mol. The van der Waals surface area contributed by atoms with Crippen molar-refractivity contribution in [3.8, 4) is 11.5 Å². The van der Waals surface area contributed by atoms with Crippen molar-refractivity contribution in [1.29, 1.82) is 0 Å². The van der Waals surface area contributed by atoms with E-state index >= 15 is 0 Å². The van der Waals surface area contributed by atoms with Gasteiger partial charge in [-0.1, -0.05) is 90.5 Å². The van der Waals surface area contributed by atoms with Crippen molar-refractivity contribution in [2.45, 2.75) is 19.5 Å². The molecule has 1 heterocycles. The molecule has 0 aliphatic carbocycles. The van der Waals surface area contributed by atoms with Crippen molar-refractivity contribution in [2.24, 2.45) is 0 Å². The molecule has 1 fully saturated rings. The highest BCUT2D eigenvalue weighted by Gasteiger charge is 2.46. The van der Waals surface area contributed by atoms with Gasteiger partial charge < -0.3 is 14.7 Å². The first kappa shape index (κ1) is 23.1. The van der Waals surface area contributed by atoms with E-state index in [-0.39, 0.29) is 17.9 Å². The summed E-state index contributed by atoms with van der Waals surface area (Å²) < 4.78 is 6.01. The van der Waals surface area contributed by atoms with E-state index in [0.717, 1.165) is 11.1 Å². The van der Waals surface area contributed by atoms with Crippen LogP contribution in [0, 0.1) is 6.92 Å². The minimum absolute atomic E-state index is 0.0663. The Labute approximate surface area is 209 Å². The minimum atomic E-state index is -0.772. The van der Waals surface area contributed by atoms with Crippen molar-refractivity contribution >= 4 is 17.4 Å². The monoisotopic (exact) mass is 475 g/mol. The van der Waals surface area contributed by atoms with Gasteiger partial charge >= 0.3 is 0 Å². The molecular weight excluding hydrogens is 450 g/mol. The molecule has 0 radical (unpaired) electrons. The molecule has 0 aromatic heterocycles. The Kier molecular flexibility index (Phi) is 6.37. The Balaban J connectivity index is 1.61. The van der Waals surface area contributed by atoms with Crippen LogP contribution in [0.25, 0.3) is 5.76 Å². The molecule has 0 spiro atoms. The maximum absolute atomic E-state index is 13.3. The molecule has 4 aromatic carbocycles. The summed E-state index contributed by atoms with van der Waals surface area (Å²) >= 11 is 0. The molecule has 1 saturated heterocycles. The first-order valence-electron chi connectivity index (χ1n) is 11.7. The molecule has 0 bridgehead atoms. The van der Waals surface area contributed by atoms with Crippen LogP contribution in [0.3, 0.4) is 0 Å². The van der Waals surface area contributed by atoms with E-state index in [1.165, 1.54) is 4.90 Å². The van der Waals surface area contributed by atoms with Gasteiger partial charge in [0, 0.05) is 12.1 Å². The van der Waals surface area contributed by atoms with Gasteiger partial charge in [0.1, 0.15) is 17.3 Å². The van der Waals surface area contributed by atoms with Crippen LogP contribution in [0.5, 0.6) is 11.5 Å². The molecule has 36 heavy (non-hydrogen) atoms. The van der Waals surface area contributed by atoms with E-state index < -0.39 is 17.7 Å². The Morgan fingerprint density at radius 2 is 1.44 bits per heavy atom. The second-order valence-corrected chi connectivity index (χ2v) is 8.77. The number of ketones is 1. The fourth-order valence-electron chi connectivity index (χ4n) is 4.41. The molecular formula is C31H25NO4. The third kappa shape index (κ3) is 4.64. The fraction of sp³-hybridized carbons (Fsp3) is 0.0968. The number of amides is 1. The number of aryl methyl sites for hydroxylation is 1. The number of rotatable bonds is 6. The van der Waals surface area contributed by atoms with Crippen LogP contribution in [-0.2, 0) is 16.1 Å². The number of likely N-dealkylation sites (tertiary alicyclic amines) is 1. The molecule has 1 unspecified atom stereocenters. The Hall–Kier alpha value is -4.64. The summed E-state index contributed by atoms with van der Waals surface area (Å²) in [7, 11) is 0. The highest BCUT2D eigenvalue weighted by Crippen LogP contribution is 2.41. The quantitative estimate of drug-likeness (QED) is 0.199. The number of nitrogens with zero attached hydrogens (tertiary/aromatic N) is 1. The van der Waals surface area contributed by atoms with Crippen molar-refractivity contribution in [1.82, 2.24) is 4.90 Å². The van der Waals surface area contributed by atoms with E-state index in [1.54, 1.807) is 12.1 Å². The third-order valence-corrected chi connectivity index (χ3v) is 6.21. The molecule has 178 valence electrons. The third-order valence-electron chi connectivity index (χ3n) is 6.21. The average molecular weight is 476 g/mol. The number of carbonyl (C=O) groups excluding carboxylic acids is 2. The van der Waals surface area contributed by atoms with E-state index in [9.17, 15) is 14.7 Å². The second-order valence-electron chi connectivity index (χ2n) is 8.77. The number of hydrogen-bond acceptors (Lipinski definition) is 4. The molecule has 0 saturated carbocycles. The lowest BCUT2D eigenvalue weighted by atomic mass is 9.94. The highest BCUT2D eigenvalue weighted by molar-refractivity contribution is 6.46. The predicted octanol–water partition coefficient (Wildman–Crippen LogP) is 6.41. The lowest BCUT2D eigenvalue weighted by Crippen LogP contribution is -2.29. The summed E-state index contributed by atoms with van der Waals surface area (Å²) in [4.78, 5) is 28.1. The summed E-state index contributed by atoms with van der Waals surface area (Å²) in [5.74, 6) is -0.300. The molecule has 1 amide bonds. The van der Waals surface area contributed by atoms with Crippen LogP contribution < -0.4 is 4.74 Å². The van der Waals surface area contributed by atoms with E-state index in [4.69, 9.17) is 4.74 Å². The van der Waals surface area contributed by atoms with Gasteiger partial charge in [-0.3, -0.25) is 9.59 Å². The molecule has 4 aromatic rings. The number of aliphatic hydroxyl groups excluding tert-OH is 1. The lowest BCUT2D eigenvalue weighted by molar-refractivity contribution is -0.140. The number of Topliss-reactive ketones (excluding diaryl/α,β-unsaturated/α-hetero) is 1. The van der Waals surface area contributed by atoms with Gasteiger partial charge in [0.05, 0.1) is 11.6 Å². The summed E-state index contributed by atoms with van der Waals surface area (Å²) in [6.07, 6.45) is 0. The first-order valence-corrected chi connectivity index (χ1v) is 11.7. The molecule has 5 nitrogen and oxygen atoms in total. The molecule has 1 N–H and O–H groups in total. The number of carbonyl (C=O) groups is 2. The van der Waals surface area contributed by atoms with Gasteiger partial charge in [0.2, 0.25) is 0 Å². The van der Waals surface area contributed by atoms with Crippen LogP contribution in [-0.4, -0.2) is 21.7 Å². The van der Waals surface area contributed by atoms with Crippen LogP contribution in [0.15, 0.2) is 115 Å². The van der Waals surface area contributed by atoms with E-state index in [0.29, 0.717) is 22.6 Å². The molecule has 5 heteroatoms. The Morgan fingerprint density at radius 1 is 0.806 bits per heavy atom. The zero-order valence-corrected chi connectivity index (χ0v) is 19.8. The van der Waals surface area contributed by atoms with Crippen molar-refractivity contribution in [3.05, 3.63) is 137 Å². The zero-order chi connectivity index (χ0) is 25.1. The summed E-state index contributed by atoms with van der Waals surface area (Å²) in [5, 5.41) is 11.3. The fourth-order valence-corrected chi connectivity index (χ4v) is 4.41. The summed E-state index contributed by atoms with van der Waals surface area (Å²) in [5.41, 5.74) is 3.14. The van der Waals surface area contributed by atoms with Crippen LogP contribution >= 0.6 is 0 Å². The van der Waals surface area contributed by atoms with Crippen LogP contribution in [0.4, 0.5) is 0 Å². The standard InChI is InChI=1S/C31H25NO4/c1-21-15-17-23(18-16-21)29(33)27-28(32(31(35)30(27)34)20-22-9-4-2-5-10-22)24-11-8-14-26(19-24)36-25-12-6-3-7-13-25/h2-19,28,33H,20H2,1H3. The van der Waals surface area contributed by atoms with Gasteiger partial charge in [0.25, 0.3) is 11.7 Å². The largest absolute Gasteiger partial charge is 0.507 e. The van der Waals surface area contributed by atoms with Gasteiger partial charge in [-0.25, -0.2) is 0 Å². The second kappa shape index (κ2) is 9.92. The lowest BCUT2D eigenvalue weighted by Gasteiger charge is -2.26. The Morgan fingerprint density at radius 3 is 2.14 bits per heavy atom. The maximum atomic E-state index is 13.3. The van der Waals surface area contributed by atoms with Gasteiger partial charge in [-0.15, -0.1) is 0 Å².